The van der Waals surface area contributed by atoms with E-state index in [4.69, 9.17) is 5.11 Å². The van der Waals surface area contributed by atoms with Crippen LogP contribution in [0.5, 0.6) is 0 Å². The summed E-state index contributed by atoms with van der Waals surface area (Å²) in [7, 11) is 1.51. The summed E-state index contributed by atoms with van der Waals surface area (Å²) in [6, 6.07) is 0. The molecule has 0 aromatic carbocycles. The second-order valence-electron chi connectivity index (χ2n) is 4.03. The van der Waals surface area contributed by atoms with Gasteiger partial charge in [0.15, 0.2) is 0 Å². The Morgan fingerprint density at radius 1 is 1.44 bits per heavy atom. The van der Waals surface area contributed by atoms with E-state index in [9.17, 15) is 9.59 Å². The first-order valence-corrected chi connectivity index (χ1v) is 5.52. The normalized spacial score (nSPS) is 16.8. The molecule has 0 spiro atoms. The van der Waals surface area contributed by atoms with Crippen LogP contribution in [0.25, 0.3) is 0 Å². The van der Waals surface area contributed by atoms with E-state index in [1.165, 1.54) is 11.9 Å². The number of carbonyl (C=O) groups is 2. The number of rotatable bonds is 4. The third-order valence-electron chi connectivity index (χ3n) is 2.82. The van der Waals surface area contributed by atoms with Crippen LogP contribution in [-0.4, -0.2) is 55.2 Å². The Hall–Kier alpha value is -1.30. The number of amides is 2. The Labute approximate surface area is 95.0 Å². The molecule has 92 valence electrons. The maximum absolute atomic E-state index is 11.1. The summed E-state index contributed by atoms with van der Waals surface area (Å²) in [6.07, 6.45) is 0.914. The van der Waals surface area contributed by atoms with Crippen molar-refractivity contribution in [1.29, 1.82) is 0 Å². The van der Waals surface area contributed by atoms with E-state index in [1.54, 1.807) is 0 Å². The van der Waals surface area contributed by atoms with E-state index in [-0.39, 0.29) is 12.5 Å². The van der Waals surface area contributed by atoms with Crippen LogP contribution in [-0.2, 0) is 4.79 Å². The van der Waals surface area contributed by atoms with Gasteiger partial charge in [-0.15, -0.1) is 0 Å². The van der Waals surface area contributed by atoms with Crippen molar-refractivity contribution < 1.29 is 14.7 Å². The Balaban J connectivity index is 2.43. The van der Waals surface area contributed by atoms with Gasteiger partial charge in [-0.25, -0.2) is 4.79 Å². The fraction of sp³-hybridized carbons (Fsp3) is 0.800. The van der Waals surface area contributed by atoms with Crippen LogP contribution in [0, 0.1) is 5.92 Å². The zero-order valence-electron chi connectivity index (χ0n) is 9.53. The van der Waals surface area contributed by atoms with Gasteiger partial charge in [0.1, 0.15) is 6.54 Å². The summed E-state index contributed by atoms with van der Waals surface area (Å²) in [4.78, 5) is 23.3. The SMILES string of the molecule is CNC(=O)CN(CC1CCNCC1)C(=O)O. The van der Waals surface area contributed by atoms with E-state index < -0.39 is 6.09 Å². The average molecular weight is 229 g/mol. The first kappa shape index (κ1) is 12.8. The van der Waals surface area contributed by atoms with Gasteiger partial charge in [0.25, 0.3) is 0 Å². The van der Waals surface area contributed by atoms with Gasteiger partial charge in [0, 0.05) is 13.6 Å². The number of nitrogens with zero attached hydrogens (tertiary/aromatic N) is 1. The van der Waals surface area contributed by atoms with Crippen LogP contribution in [0.3, 0.4) is 0 Å². The number of nitrogens with one attached hydrogen (secondary N) is 2. The molecule has 0 bridgehead atoms. The second kappa shape index (κ2) is 6.32. The summed E-state index contributed by atoms with van der Waals surface area (Å²) in [6.45, 7) is 2.23. The van der Waals surface area contributed by atoms with Gasteiger partial charge >= 0.3 is 6.09 Å². The van der Waals surface area contributed by atoms with Crippen molar-refractivity contribution in [2.45, 2.75) is 12.8 Å². The van der Waals surface area contributed by atoms with E-state index in [1.807, 2.05) is 0 Å². The molecule has 0 saturated carbocycles. The van der Waals surface area contributed by atoms with Crippen LogP contribution in [0.1, 0.15) is 12.8 Å². The van der Waals surface area contributed by atoms with Crippen molar-refractivity contribution in [1.82, 2.24) is 15.5 Å². The molecular weight excluding hydrogens is 210 g/mol. The Bertz CT molecular complexity index is 252. The second-order valence-corrected chi connectivity index (χ2v) is 4.03. The fourth-order valence-corrected chi connectivity index (χ4v) is 1.84. The molecule has 1 saturated heterocycles. The lowest BCUT2D eigenvalue weighted by Gasteiger charge is -2.27. The van der Waals surface area contributed by atoms with Crippen molar-refractivity contribution >= 4 is 12.0 Å². The molecule has 1 fully saturated rings. The van der Waals surface area contributed by atoms with E-state index in [0.29, 0.717) is 12.5 Å². The molecule has 1 heterocycles. The van der Waals surface area contributed by atoms with Crippen molar-refractivity contribution in [3.05, 3.63) is 0 Å². The summed E-state index contributed by atoms with van der Waals surface area (Å²) in [5, 5.41) is 14.6. The largest absolute Gasteiger partial charge is 0.465 e. The standard InChI is InChI=1S/C10H19N3O3/c1-11-9(14)7-13(10(15)16)6-8-2-4-12-5-3-8/h8,12H,2-7H2,1H3,(H,11,14)(H,15,16). The molecule has 0 aromatic rings. The van der Waals surface area contributed by atoms with Crippen molar-refractivity contribution in [2.24, 2.45) is 5.92 Å². The molecule has 6 nitrogen and oxygen atoms in total. The highest BCUT2D eigenvalue weighted by Crippen LogP contribution is 2.13. The Morgan fingerprint density at radius 2 is 2.06 bits per heavy atom. The Kier molecular flexibility index (Phi) is 5.04. The quantitative estimate of drug-likeness (QED) is 0.619. The number of piperidine rings is 1. The molecule has 0 atom stereocenters. The first-order chi connectivity index (χ1) is 7.63. The maximum atomic E-state index is 11.1. The summed E-state index contributed by atoms with van der Waals surface area (Å²) in [5.41, 5.74) is 0. The van der Waals surface area contributed by atoms with E-state index in [0.717, 1.165) is 25.9 Å². The van der Waals surface area contributed by atoms with E-state index >= 15 is 0 Å². The number of hydrogen-bond donors (Lipinski definition) is 3. The number of carbonyl (C=O) groups excluding carboxylic acids is 1. The zero-order chi connectivity index (χ0) is 12.0. The van der Waals surface area contributed by atoms with Gasteiger partial charge in [-0.1, -0.05) is 0 Å². The highest BCUT2D eigenvalue weighted by molar-refractivity contribution is 5.81. The van der Waals surface area contributed by atoms with Gasteiger partial charge in [-0.2, -0.15) is 0 Å². The smallest absolute Gasteiger partial charge is 0.407 e. The first-order valence-electron chi connectivity index (χ1n) is 5.52. The molecule has 0 radical (unpaired) electrons. The molecule has 0 aromatic heterocycles. The molecular formula is C10H19N3O3. The molecule has 1 aliphatic heterocycles. The van der Waals surface area contributed by atoms with Crippen molar-refractivity contribution in [3.8, 4) is 0 Å². The van der Waals surface area contributed by atoms with Gasteiger partial charge in [0.05, 0.1) is 0 Å². The molecule has 1 aliphatic rings. The average Bonchev–Trinajstić information content (AvgIpc) is 2.29. The number of carboxylic acid groups (broad SMARTS) is 1. The summed E-state index contributed by atoms with van der Waals surface area (Å²) < 4.78 is 0. The molecule has 0 unspecified atom stereocenters. The highest BCUT2D eigenvalue weighted by atomic mass is 16.4. The summed E-state index contributed by atoms with van der Waals surface area (Å²) >= 11 is 0. The lowest BCUT2D eigenvalue weighted by Crippen LogP contribution is -2.43. The number of likely N-dealkylation sites (N-methyl/N-ethyl adjacent to an activating group) is 1. The van der Waals surface area contributed by atoms with Crippen LogP contribution in [0.4, 0.5) is 4.79 Å². The van der Waals surface area contributed by atoms with E-state index in [2.05, 4.69) is 10.6 Å². The third kappa shape index (κ3) is 4.06. The molecule has 6 heteroatoms. The van der Waals surface area contributed by atoms with Gasteiger partial charge in [0.2, 0.25) is 5.91 Å². The molecule has 2 amide bonds. The molecule has 3 N–H and O–H groups in total. The minimum absolute atomic E-state index is 0.0736. The lowest BCUT2D eigenvalue weighted by molar-refractivity contribution is -0.121. The summed E-state index contributed by atoms with van der Waals surface area (Å²) in [5.74, 6) is 0.0957. The van der Waals surface area contributed by atoms with Gasteiger partial charge in [-0.05, 0) is 31.8 Å². The molecule has 16 heavy (non-hydrogen) atoms. The lowest BCUT2D eigenvalue weighted by atomic mass is 9.98. The molecule has 0 aliphatic carbocycles. The Morgan fingerprint density at radius 3 is 2.56 bits per heavy atom. The van der Waals surface area contributed by atoms with Crippen LogP contribution in [0.15, 0.2) is 0 Å². The fourth-order valence-electron chi connectivity index (χ4n) is 1.84. The predicted molar refractivity (Wildman–Crippen MR) is 59.3 cm³/mol. The maximum Gasteiger partial charge on any atom is 0.407 e. The van der Waals surface area contributed by atoms with Crippen molar-refractivity contribution in [2.75, 3.05) is 33.2 Å². The minimum atomic E-state index is -1.03. The zero-order valence-corrected chi connectivity index (χ0v) is 9.53. The van der Waals surface area contributed by atoms with Gasteiger partial charge < -0.3 is 15.7 Å². The van der Waals surface area contributed by atoms with Crippen LogP contribution < -0.4 is 10.6 Å². The highest BCUT2D eigenvalue weighted by Gasteiger charge is 2.21. The van der Waals surface area contributed by atoms with Gasteiger partial charge in [-0.3, -0.25) is 9.69 Å². The predicted octanol–water partition coefficient (Wildman–Crippen LogP) is -0.288. The van der Waals surface area contributed by atoms with Crippen molar-refractivity contribution in [3.63, 3.8) is 0 Å². The van der Waals surface area contributed by atoms with Crippen LogP contribution in [0.2, 0.25) is 0 Å². The third-order valence-corrected chi connectivity index (χ3v) is 2.82. The minimum Gasteiger partial charge on any atom is -0.465 e. The monoisotopic (exact) mass is 229 g/mol. The van der Waals surface area contributed by atoms with Crippen LogP contribution >= 0.6 is 0 Å². The topological polar surface area (TPSA) is 81.7 Å². The molecule has 1 rings (SSSR count). The number of hydrogen-bond acceptors (Lipinski definition) is 3.